The first-order valence-electron chi connectivity index (χ1n) is 12.4. The molecule has 2 aromatic heterocycles. The van der Waals surface area contributed by atoms with Gasteiger partial charge in [0.05, 0.1) is 24.3 Å². The van der Waals surface area contributed by atoms with Gasteiger partial charge in [-0.25, -0.2) is 9.37 Å². The normalized spacial score (nSPS) is 25.0. The minimum atomic E-state index is -2.71. The van der Waals surface area contributed by atoms with E-state index in [1.54, 1.807) is 11.0 Å². The van der Waals surface area contributed by atoms with E-state index in [4.69, 9.17) is 24.4 Å². The van der Waals surface area contributed by atoms with E-state index in [1.165, 1.54) is 35.9 Å². The Morgan fingerprint density at radius 2 is 2.06 bits per heavy atom. The first-order valence-corrected chi connectivity index (χ1v) is 10.4. The summed E-state index contributed by atoms with van der Waals surface area (Å²) in [6.07, 6.45) is -1.86. The second kappa shape index (κ2) is 8.86. The zero-order valence-corrected chi connectivity index (χ0v) is 18.1. The van der Waals surface area contributed by atoms with Crippen LogP contribution in [0.5, 0.6) is 17.2 Å². The number of anilines is 1. The molecule has 5 rings (SSSR count). The van der Waals surface area contributed by atoms with Gasteiger partial charge >= 0.3 is 0 Å². The highest BCUT2D eigenvalue weighted by Gasteiger charge is 2.32. The summed E-state index contributed by atoms with van der Waals surface area (Å²) >= 11 is 0. The molecule has 0 radical (unpaired) electrons. The van der Waals surface area contributed by atoms with Gasteiger partial charge in [0.2, 0.25) is 0 Å². The monoisotopic (exact) mass is 460 g/mol. The lowest BCUT2D eigenvalue weighted by Crippen LogP contribution is -2.47. The molecule has 2 aliphatic heterocycles. The molecule has 0 saturated carbocycles. The highest BCUT2D eigenvalue weighted by Crippen LogP contribution is 2.35. The molecule has 33 heavy (non-hydrogen) atoms. The Morgan fingerprint density at radius 3 is 2.85 bits per heavy atom. The molecule has 1 aromatic carbocycles. The summed E-state index contributed by atoms with van der Waals surface area (Å²) in [5, 5.41) is 4.44. The number of alkyl halides is 1. The molecule has 0 amide bonds. The lowest BCUT2D eigenvalue weighted by molar-refractivity contribution is 0.0809. The third-order valence-corrected chi connectivity index (χ3v) is 5.51. The van der Waals surface area contributed by atoms with Gasteiger partial charge in [0, 0.05) is 32.2 Å². The van der Waals surface area contributed by atoms with Crippen LogP contribution in [0.2, 0.25) is 0 Å². The zero-order valence-electron chi connectivity index (χ0n) is 22.1. The molecule has 0 unspecified atom stereocenters. The van der Waals surface area contributed by atoms with E-state index >= 15 is 4.39 Å². The van der Waals surface area contributed by atoms with Crippen LogP contribution in [0, 0.1) is 6.92 Å². The molecule has 1 fully saturated rings. The number of hydrogen-bond acceptors (Lipinski definition) is 8. The molecular weight excluding hydrogens is 431 g/mol. The Bertz CT molecular complexity index is 1410. The number of piperidine rings is 1. The highest BCUT2D eigenvalue weighted by molar-refractivity contribution is 5.53. The Kier molecular flexibility index (Phi) is 4.60. The van der Waals surface area contributed by atoms with Crippen LogP contribution >= 0.6 is 0 Å². The largest absolute Gasteiger partial charge is 0.487 e. The van der Waals surface area contributed by atoms with Crippen molar-refractivity contribution in [3.8, 4) is 17.2 Å². The third-order valence-electron chi connectivity index (χ3n) is 5.51. The van der Waals surface area contributed by atoms with Crippen LogP contribution in [0.3, 0.4) is 0 Å². The van der Waals surface area contributed by atoms with Gasteiger partial charge in [-0.3, -0.25) is 4.79 Å². The molecule has 3 aromatic rings. The number of methoxy groups -OCH3 is 1. The van der Waals surface area contributed by atoms with Crippen molar-refractivity contribution in [2.75, 3.05) is 38.2 Å². The predicted molar refractivity (Wildman–Crippen MR) is 118 cm³/mol. The van der Waals surface area contributed by atoms with Crippen molar-refractivity contribution in [2.45, 2.75) is 32.2 Å². The van der Waals surface area contributed by atoms with Gasteiger partial charge in [-0.1, -0.05) is 0 Å². The van der Waals surface area contributed by atoms with Crippen LogP contribution in [0.1, 0.15) is 23.2 Å². The summed E-state index contributed by atoms with van der Waals surface area (Å²) in [7, 11) is 1.52. The van der Waals surface area contributed by atoms with E-state index in [0.717, 1.165) is 5.56 Å². The molecule has 2 aliphatic rings. The molecule has 0 spiro atoms. The van der Waals surface area contributed by atoms with Gasteiger partial charge in [-0.15, -0.1) is 5.10 Å². The summed E-state index contributed by atoms with van der Waals surface area (Å²) in [5.74, 6) is 0.712. The van der Waals surface area contributed by atoms with Crippen LogP contribution in [0.4, 0.5) is 10.2 Å². The minimum Gasteiger partial charge on any atom is -0.487 e. The first kappa shape index (κ1) is 17.1. The summed E-state index contributed by atoms with van der Waals surface area (Å²) in [4.78, 5) is 18.7. The van der Waals surface area contributed by atoms with Crippen molar-refractivity contribution in [3.63, 3.8) is 0 Å². The Morgan fingerprint density at radius 1 is 1.24 bits per heavy atom. The SMILES string of the molecule is [2H]C1([2H])Oc2ccc(O[C@@H]3CCN(c4nn5c(=O)cc(COC)nc5cc4C)C[C@H]3F)cc2OC1([2H])[2H]. The standard InChI is InChI=1S/C23H25FN4O5/c1-14-9-21-25-15(13-30-2)10-22(29)28(21)26-23(14)27-6-5-18(17(24)12-27)33-16-3-4-19-20(11-16)32-8-7-31-19/h3-4,9-11,17-18H,5-8,12-13H2,1-2H3/t17-,18-/m1/s1/i7D2,8D2. The maximum Gasteiger partial charge on any atom is 0.274 e. The third kappa shape index (κ3) is 4.30. The summed E-state index contributed by atoms with van der Waals surface area (Å²) < 4.78 is 68.3. The van der Waals surface area contributed by atoms with E-state index in [2.05, 4.69) is 10.1 Å². The van der Waals surface area contributed by atoms with Gasteiger partial charge < -0.3 is 23.8 Å². The maximum absolute atomic E-state index is 15.2. The number of fused-ring (bicyclic) bond motifs is 2. The van der Waals surface area contributed by atoms with Crippen LogP contribution in [-0.2, 0) is 11.3 Å². The van der Waals surface area contributed by atoms with Crippen molar-refractivity contribution in [2.24, 2.45) is 0 Å². The maximum atomic E-state index is 15.2. The van der Waals surface area contributed by atoms with Crippen molar-refractivity contribution in [1.82, 2.24) is 14.6 Å². The smallest absolute Gasteiger partial charge is 0.274 e. The second-order valence-corrected chi connectivity index (χ2v) is 7.86. The summed E-state index contributed by atoms with van der Waals surface area (Å²) in [5.41, 5.74) is 1.27. The number of rotatable bonds is 5. The average Bonchev–Trinajstić information content (AvgIpc) is 2.81. The van der Waals surface area contributed by atoms with Gasteiger partial charge in [0.25, 0.3) is 5.56 Å². The molecule has 0 N–H and O–H groups in total. The van der Waals surface area contributed by atoms with Crippen LogP contribution in [0.15, 0.2) is 35.1 Å². The van der Waals surface area contributed by atoms with E-state index in [9.17, 15) is 4.79 Å². The fourth-order valence-corrected chi connectivity index (χ4v) is 3.96. The first-order chi connectivity index (χ1) is 17.5. The molecule has 174 valence electrons. The van der Waals surface area contributed by atoms with E-state index in [1.807, 2.05) is 6.92 Å². The van der Waals surface area contributed by atoms with Crippen molar-refractivity contribution in [1.29, 1.82) is 0 Å². The number of aromatic nitrogens is 3. The lowest BCUT2D eigenvalue weighted by Gasteiger charge is -2.36. The van der Waals surface area contributed by atoms with Gasteiger partial charge in [0.1, 0.15) is 25.0 Å². The van der Waals surface area contributed by atoms with Gasteiger partial charge in [-0.05, 0) is 30.7 Å². The molecule has 10 heteroatoms. The fourth-order valence-electron chi connectivity index (χ4n) is 3.96. The predicted octanol–water partition coefficient (Wildman–Crippen LogP) is 2.31. The van der Waals surface area contributed by atoms with Crippen molar-refractivity contribution in [3.05, 3.63) is 51.9 Å². The molecule has 0 bridgehead atoms. The van der Waals surface area contributed by atoms with E-state index < -0.39 is 25.4 Å². The zero-order chi connectivity index (χ0) is 26.5. The summed E-state index contributed by atoms with van der Waals surface area (Å²) in [6.45, 7) is -2.94. The molecular formula is C23H25FN4O5. The van der Waals surface area contributed by atoms with Gasteiger partial charge in [0.15, 0.2) is 29.1 Å². The van der Waals surface area contributed by atoms with E-state index in [-0.39, 0.29) is 36.0 Å². The van der Waals surface area contributed by atoms with Crippen LogP contribution < -0.4 is 24.7 Å². The van der Waals surface area contributed by atoms with Crippen LogP contribution in [0.25, 0.3) is 5.65 Å². The number of ether oxygens (including phenoxy) is 4. The fraction of sp³-hybridized carbons (Fsp3) is 0.435. The summed E-state index contributed by atoms with van der Waals surface area (Å²) in [6, 6.07) is 7.33. The Labute approximate surface area is 195 Å². The number of nitrogens with zero attached hydrogens (tertiary/aromatic N) is 4. The highest BCUT2D eigenvalue weighted by atomic mass is 19.1. The number of hydrogen-bond donors (Lipinski definition) is 0. The lowest BCUT2D eigenvalue weighted by atomic mass is 10.1. The number of benzene rings is 1. The molecule has 2 atom stereocenters. The quantitative estimate of drug-likeness (QED) is 0.573. The number of halogens is 1. The van der Waals surface area contributed by atoms with Gasteiger partial charge in [-0.2, -0.15) is 4.52 Å². The van der Waals surface area contributed by atoms with E-state index in [0.29, 0.717) is 30.1 Å². The van der Waals surface area contributed by atoms with Crippen molar-refractivity contribution >= 4 is 11.5 Å². The number of aryl methyl sites for hydroxylation is 1. The van der Waals surface area contributed by atoms with Crippen LogP contribution in [-0.4, -0.2) is 60.2 Å². The Hall–Kier alpha value is -3.40. The average molecular weight is 460 g/mol. The molecule has 9 nitrogen and oxygen atoms in total. The second-order valence-electron chi connectivity index (χ2n) is 7.86. The molecule has 0 aliphatic carbocycles. The topological polar surface area (TPSA) is 87.4 Å². The Balaban J connectivity index is 1.31. The molecule has 1 saturated heterocycles. The minimum absolute atomic E-state index is 0.0126. The molecule has 4 heterocycles. The van der Waals surface area contributed by atoms with Crippen molar-refractivity contribution < 1.29 is 28.8 Å².